The molecule has 1 aliphatic rings. The Morgan fingerprint density at radius 3 is 2.69 bits per heavy atom. The molecular formula is C18H31Cl2N3O3. The van der Waals surface area contributed by atoms with Crippen LogP contribution in [0.2, 0.25) is 0 Å². The number of ether oxygens (including phenoxy) is 2. The van der Waals surface area contributed by atoms with Crippen molar-refractivity contribution in [2.45, 2.75) is 25.9 Å². The minimum Gasteiger partial charge on any atom is -0.497 e. The van der Waals surface area contributed by atoms with E-state index < -0.39 is 0 Å². The van der Waals surface area contributed by atoms with Crippen molar-refractivity contribution >= 4 is 30.7 Å². The molecule has 26 heavy (non-hydrogen) atoms. The van der Waals surface area contributed by atoms with Crippen molar-refractivity contribution in [1.29, 1.82) is 0 Å². The summed E-state index contributed by atoms with van der Waals surface area (Å²) in [7, 11) is 1.67. The van der Waals surface area contributed by atoms with Crippen LogP contribution in [0, 0.1) is 0 Å². The lowest BCUT2D eigenvalue weighted by atomic mass is 10.0. The number of carbonyl (C=O) groups is 1. The van der Waals surface area contributed by atoms with Crippen molar-refractivity contribution in [1.82, 2.24) is 15.5 Å². The number of likely N-dealkylation sites (N-methyl/N-ethyl adjacent to an activating group) is 1. The van der Waals surface area contributed by atoms with E-state index in [0.717, 1.165) is 24.4 Å². The minimum absolute atomic E-state index is 0. The van der Waals surface area contributed by atoms with E-state index in [9.17, 15) is 4.79 Å². The van der Waals surface area contributed by atoms with Gasteiger partial charge in [-0.25, -0.2) is 0 Å². The first-order chi connectivity index (χ1) is 11.7. The van der Waals surface area contributed by atoms with Gasteiger partial charge in [0.1, 0.15) is 11.8 Å². The lowest BCUT2D eigenvalue weighted by molar-refractivity contribution is -0.126. The lowest BCUT2D eigenvalue weighted by Gasteiger charge is -2.31. The second-order valence-corrected chi connectivity index (χ2v) is 5.84. The smallest absolute Gasteiger partial charge is 0.239 e. The van der Waals surface area contributed by atoms with E-state index in [4.69, 9.17) is 9.47 Å². The van der Waals surface area contributed by atoms with E-state index in [0.29, 0.717) is 26.3 Å². The molecule has 1 aromatic rings. The first-order valence-electron chi connectivity index (χ1n) is 8.66. The van der Waals surface area contributed by atoms with Gasteiger partial charge in [-0.05, 0) is 30.8 Å². The number of nitrogens with one attached hydrogen (secondary N) is 2. The summed E-state index contributed by atoms with van der Waals surface area (Å²) in [4.78, 5) is 14.7. The average molecular weight is 408 g/mol. The molecule has 150 valence electrons. The highest BCUT2D eigenvalue weighted by atomic mass is 35.5. The third-order valence-electron chi connectivity index (χ3n) is 4.44. The maximum Gasteiger partial charge on any atom is 0.239 e. The summed E-state index contributed by atoms with van der Waals surface area (Å²) in [6, 6.07) is 7.90. The summed E-state index contributed by atoms with van der Waals surface area (Å²) in [6.45, 7) is 8.47. The number of morpholine rings is 1. The van der Waals surface area contributed by atoms with E-state index in [2.05, 4.69) is 35.4 Å². The Balaban J connectivity index is 0.00000312. The number of amides is 1. The Morgan fingerprint density at radius 2 is 2.12 bits per heavy atom. The molecule has 2 atom stereocenters. The molecule has 1 aliphatic heterocycles. The molecule has 0 saturated carbocycles. The molecule has 2 N–H and O–H groups in total. The maximum absolute atomic E-state index is 12.4. The first-order valence-corrected chi connectivity index (χ1v) is 8.66. The highest BCUT2D eigenvalue weighted by Crippen LogP contribution is 2.23. The highest BCUT2D eigenvalue weighted by Gasteiger charge is 2.24. The average Bonchev–Trinajstić information content (AvgIpc) is 2.65. The molecule has 0 aromatic heterocycles. The van der Waals surface area contributed by atoms with Crippen LogP contribution in [0.3, 0.4) is 0 Å². The van der Waals surface area contributed by atoms with Crippen LogP contribution in [0.15, 0.2) is 24.3 Å². The van der Waals surface area contributed by atoms with Crippen LogP contribution < -0.4 is 15.4 Å². The van der Waals surface area contributed by atoms with E-state index in [-0.39, 0.29) is 42.8 Å². The standard InChI is InChI=1S/C18H29N3O3.2ClH/c1-4-21(5-2)17(14-7-6-8-15(11-14)23-3)12-20-18(22)16-13-24-10-9-19-16;;/h6-8,11,16-17,19H,4-5,9-10,12-13H2,1-3H3,(H,20,22);2*1H. The molecule has 1 aromatic carbocycles. The topological polar surface area (TPSA) is 62.8 Å². The van der Waals surface area contributed by atoms with E-state index >= 15 is 0 Å². The fourth-order valence-corrected chi connectivity index (χ4v) is 3.03. The largest absolute Gasteiger partial charge is 0.497 e. The zero-order chi connectivity index (χ0) is 17.4. The fraction of sp³-hybridized carbons (Fsp3) is 0.611. The summed E-state index contributed by atoms with van der Waals surface area (Å²) in [6.07, 6.45) is 0. The number of hydrogen-bond donors (Lipinski definition) is 2. The summed E-state index contributed by atoms with van der Waals surface area (Å²) in [5.41, 5.74) is 1.14. The van der Waals surface area contributed by atoms with Crippen LogP contribution in [-0.4, -0.2) is 63.4 Å². The van der Waals surface area contributed by atoms with Gasteiger partial charge in [-0.3, -0.25) is 9.69 Å². The van der Waals surface area contributed by atoms with Crippen molar-refractivity contribution in [2.75, 3.05) is 46.5 Å². The summed E-state index contributed by atoms with van der Waals surface area (Å²) >= 11 is 0. The van der Waals surface area contributed by atoms with Gasteiger partial charge in [0, 0.05) is 13.1 Å². The predicted molar refractivity (Wildman–Crippen MR) is 109 cm³/mol. The molecule has 0 aliphatic carbocycles. The molecular weight excluding hydrogens is 377 g/mol. The van der Waals surface area contributed by atoms with Crippen molar-refractivity contribution < 1.29 is 14.3 Å². The molecule has 1 heterocycles. The number of halogens is 2. The number of benzene rings is 1. The molecule has 1 fully saturated rings. The molecule has 6 nitrogen and oxygen atoms in total. The van der Waals surface area contributed by atoms with Gasteiger partial charge in [0.2, 0.25) is 5.91 Å². The number of nitrogens with zero attached hydrogens (tertiary/aromatic N) is 1. The van der Waals surface area contributed by atoms with Gasteiger partial charge in [-0.1, -0.05) is 26.0 Å². The summed E-state index contributed by atoms with van der Waals surface area (Å²) < 4.78 is 10.7. The second kappa shape index (κ2) is 13.2. The number of rotatable bonds is 8. The lowest BCUT2D eigenvalue weighted by Crippen LogP contribution is -2.52. The number of methoxy groups -OCH3 is 1. The van der Waals surface area contributed by atoms with E-state index in [1.807, 2.05) is 18.2 Å². The molecule has 2 unspecified atom stereocenters. The fourth-order valence-electron chi connectivity index (χ4n) is 3.03. The van der Waals surface area contributed by atoms with Gasteiger partial charge >= 0.3 is 0 Å². The Kier molecular flexibility index (Phi) is 12.6. The highest BCUT2D eigenvalue weighted by molar-refractivity contribution is 5.85. The predicted octanol–water partition coefficient (Wildman–Crippen LogP) is 2.03. The molecule has 2 rings (SSSR count). The van der Waals surface area contributed by atoms with Crippen LogP contribution in [0.25, 0.3) is 0 Å². The van der Waals surface area contributed by atoms with Gasteiger partial charge < -0.3 is 20.1 Å². The number of hydrogen-bond acceptors (Lipinski definition) is 5. The molecule has 8 heteroatoms. The van der Waals surface area contributed by atoms with Gasteiger partial charge in [0.25, 0.3) is 0 Å². The molecule has 0 spiro atoms. The first kappa shape index (κ1) is 24.9. The van der Waals surface area contributed by atoms with Crippen LogP contribution in [0.4, 0.5) is 0 Å². The normalized spacial score (nSPS) is 17.6. The van der Waals surface area contributed by atoms with Gasteiger partial charge in [0.15, 0.2) is 0 Å². The molecule has 0 radical (unpaired) electrons. The maximum atomic E-state index is 12.4. The minimum atomic E-state index is -0.263. The van der Waals surface area contributed by atoms with Gasteiger partial charge in [-0.15, -0.1) is 24.8 Å². The van der Waals surface area contributed by atoms with E-state index in [1.165, 1.54) is 0 Å². The van der Waals surface area contributed by atoms with Crippen molar-refractivity contribution in [3.8, 4) is 5.75 Å². The van der Waals surface area contributed by atoms with Crippen molar-refractivity contribution in [3.63, 3.8) is 0 Å². The molecule has 0 bridgehead atoms. The van der Waals surface area contributed by atoms with Crippen LogP contribution in [0.1, 0.15) is 25.5 Å². The Hall–Kier alpha value is -1.05. The van der Waals surface area contributed by atoms with Crippen LogP contribution in [0.5, 0.6) is 5.75 Å². The Bertz CT molecular complexity index is 524. The molecule has 1 saturated heterocycles. The zero-order valence-corrected chi connectivity index (χ0v) is 17.3. The Labute approximate surface area is 168 Å². The van der Waals surface area contributed by atoms with Crippen molar-refractivity contribution in [2.24, 2.45) is 0 Å². The second-order valence-electron chi connectivity index (χ2n) is 5.84. The summed E-state index contributed by atoms with van der Waals surface area (Å²) in [5.74, 6) is 0.827. The monoisotopic (exact) mass is 407 g/mol. The molecule has 1 amide bonds. The third kappa shape index (κ3) is 6.93. The van der Waals surface area contributed by atoms with E-state index in [1.54, 1.807) is 7.11 Å². The number of carbonyl (C=O) groups excluding carboxylic acids is 1. The third-order valence-corrected chi connectivity index (χ3v) is 4.44. The SMILES string of the molecule is CCN(CC)C(CNC(=O)C1COCCN1)c1cccc(OC)c1.Cl.Cl. The van der Waals surface area contributed by atoms with Gasteiger partial charge in [0.05, 0.1) is 26.4 Å². The van der Waals surface area contributed by atoms with Crippen LogP contribution >= 0.6 is 24.8 Å². The zero-order valence-electron chi connectivity index (χ0n) is 15.7. The van der Waals surface area contributed by atoms with Gasteiger partial charge in [-0.2, -0.15) is 0 Å². The Morgan fingerprint density at radius 1 is 1.38 bits per heavy atom. The van der Waals surface area contributed by atoms with Crippen LogP contribution in [-0.2, 0) is 9.53 Å². The summed E-state index contributed by atoms with van der Waals surface area (Å²) in [5, 5.41) is 6.26. The quantitative estimate of drug-likeness (QED) is 0.689. The van der Waals surface area contributed by atoms with Crippen molar-refractivity contribution in [3.05, 3.63) is 29.8 Å².